The summed E-state index contributed by atoms with van der Waals surface area (Å²) in [6.07, 6.45) is 2.07. The number of carbonyl (C=O) groups is 1. The molecule has 0 aliphatic carbocycles. The van der Waals surface area contributed by atoms with Crippen LogP contribution in [0, 0.1) is 13.8 Å². The van der Waals surface area contributed by atoms with Crippen LogP contribution in [0.2, 0.25) is 0 Å². The lowest BCUT2D eigenvalue weighted by Crippen LogP contribution is -2.34. The maximum atomic E-state index is 12.5. The van der Waals surface area contributed by atoms with Gasteiger partial charge >= 0.3 is 0 Å². The van der Waals surface area contributed by atoms with Crippen LogP contribution in [0.5, 0.6) is 0 Å². The lowest BCUT2D eigenvalue weighted by molar-refractivity contribution is 0.0762. The van der Waals surface area contributed by atoms with Gasteiger partial charge in [0.1, 0.15) is 0 Å². The van der Waals surface area contributed by atoms with Crippen molar-refractivity contribution in [1.82, 2.24) is 14.7 Å². The number of carbonyl (C=O) groups excluding carboxylic acids is 1. The first-order chi connectivity index (χ1) is 8.52. The predicted molar refractivity (Wildman–Crippen MR) is 74.2 cm³/mol. The second-order valence-electron chi connectivity index (χ2n) is 4.50. The highest BCUT2D eigenvalue weighted by Crippen LogP contribution is 2.15. The third-order valence-corrected chi connectivity index (χ3v) is 3.32. The fourth-order valence-corrected chi connectivity index (χ4v) is 2.21. The zero-order valence-electron chi connectivity index (χ0n) is 11.7. The first kappa shape index (κ1) is 15.0. The van der Waals surface area contributed by atoms with Gasteiger partial charge in [-0.05, 0) is 20.3 Å². The first-order valence-electron chi connectivity index (χ1n) is 6.38. The maximum absolute atomic E-state index is 12.5. The molecule has 1 aromatic heterocycles. The van der Waals surface area contributed by atoms with Crippen LogP contribution in [0.3, 0.4) is 0 Å². The molecule has 0 spiro atoms. The van der Waals surface area contributed by atoms with Crippen molar-refractivity contribution in [3.63, 3.8) is 0 Å². The molecular formula is C13H22ClN3O. The Morgan fingerprint density at radius 1 is 1.39 bits per heavy atom. The molecule has 0 radical (unpaired) electrons. The minimum Gasteiger partial charge on any atom is -0.337 e. The van der Waals surface area contributed by atoms with Crippen LogP contribution in [0.1, 0.15) is 41.5 Å². The number of aromatic nitrogens is 2. The monoisotopic (exact) mass is 271 g/mol. The molecule has 1 aromatic rings. The molecule has 5 heteroatoms. The average molecular weight is 272 g/mol. The molecule has 0 aliphatic heterocycles. The summed E-state index contributed by atoms with van der Waals surface area (Å²) >= 11 is 5.78. The summed E-state index contributed by atoms with van der Waals surface area (Å²) in [5.74, 6) is 0.514. The zero-order chi connectivity index (χ0) is 13.7. The van der Waals surface area contributed by atoms with Crippen molar-refractivity contribution in [2.45, 2.75) is 33.6 Å². The van der Waals surface area contributed by atoms with E-state index in [1.807, 2.05) is 25.8 Å². The summed E-state index contributed by atoms with van der Waals surface area (Å²) in [5.41, 5.74) is 2.42. The van der Waals surface area contributed by atoms with Crippen LogP contribution < -0.4 is 0 Å². The molecule has 1 amide bonds. The standard InChI is InChI=1S/C13H22ClN3O/c1-5-6-8-17(9-7-14)13(18)12-10(2)15-16(4)11(12)3/h5-9H2,1-4H3. The summed E-state index contributed by atoms with van der Waals surface area (Å²) in [6, 6.07) is 0. The number of unbranched alkanes of at least 4 members (excludes halogenated alkanes) is 1. The van der Waals surface area contributed by atoms with Gasteiger partial charge in [0, 0.05) is 31.7 Å². The van der Waals surface area contributed by atoms with Crippen molar-refractivity contribution in [2.24, 2.45) is 7.05 Å². The van der Waals surface area contributed by atoms with Crippen molar-refractivity contribution in [3.8, 4) is 0 Å². The maximum Gasteiger partial charge on any atom is 0.257 e. The number of halogens is 1. The van der Waals surface area contributed by atoms with Crippen molar-refractivity contribution in [3.05, 3.63) is 17.0 Å². The van der Waals surface area contributed by atoms with Gasteiger partial charge in [-0.1, -0.05) is 13.3 Å². The van der Waals surface area contributed by atoms with E-state index >= 15 is 0 Å². The van der Waals surface area contributed by atoms with Crippen molar-refractivity contribution in [2.75, 3.05) is 19.0 Å². The molecule has 1 heterocycles. The fraction of sp³-hybridized carbons (Fsp3) is 0.692. The van der Waals surface area contributed by atoms with E-state index in [1.54, 1.807) is 4.68 Å². The molecule has 0 unspecified atom stereocenters. The lowest BCUT2D eigenvalue weighted by Gasteiger charge is -2.21. The third kappa shape index (κ3) is 3.25. The van der Waals surface area contributed by atoms with E-state index in [2.05, 4.69) is 12.0 Å². The Kier molecular flexibility index (Phi) is 5.66. The molecule has 0 N–H and O–H groups in total. The van der Waals surface area contributed by atoms with Crippen LogP contribution >= 0.6 is 11.6 Å². The quantitative estimate of drug-likeness (QED) is 0.746. The summed E-state index contributed by atoms with van der Waals surface area (Å²) in [6.45, 7) is 7.26. The van der Waals surface area contributed by atoms with Gasteiger partial charge in [-0.2, -0.15) is 5.10 Å². The van der Waals surface area contributed by atoms with Gasteiger partial charge in [-0.25, -0.2) is 0 Å². The van der Waals surface area contributed by atoms with Gasteiger partial charge in [0.05, 0.1) is 11.3 Å². The van der Waals surface area contributed by atoms with Gasteiger partial charge in [0.25, 0.3) is 5.91 Å². The molecular weight excluding hydrogens is 250 g/mol. The lowest BCUT2D eigenvalue weighted by atomic mass is 10.1. The van der Waals surface area contributed by atoms with E-state index in [4.69, 9.17) is 11.6 Å². The van der Waals surface area contributed by atoms with Gasteiger partial charge in [0.15, 0.2) is 0 Å². The Balaban J connectivity index is 2.94. The molecule has 4 nitrogen and oxygen atoms in total. The Labute approximate surface area is 114 Å². The Morgan fingerprint density at radius 2 is 2.06 bits per heavy atom. The largest absolute Gasteiger partial charge is 0.337 e. The van der Waals surface area contributed by atoms with E-state index in [1.165, 1.54) is 0 Å². The molecule has 102 valence electrons. The molecule has 1 rings (SSSR count). The summed E-state index contributed by atoms with van der Waals surface area (Å²) in [4.78, 5) is 14.3. The second-order valence-corrected chi connectivity index (χ2v) is 4.88. The highest BCUT2D eigenvalue weighted by atomic mass is 35.5. The molecule has 0 fully saturated rings. The number of rotatable bonds is 6. The van der Waals surface area contributed by atoms with E-state index in [-0.39, 0.29) is 5.91 Å². The smallest absolute Gasteiger partial charge is 0.257 e. The predicted octanol–water partition coefficient (Wildman–Crippen LogP) is 2.52. The van der Waals surface area contributed by atoms with Crippen LogP contribution in [0.15, 0.2) is 0 Å². The highest BCUT2D eigenvalue weighted by Gasteiger charge is 2.22. The van der Waals surface area contributed by atoms with Crippen molar-refractivity contribution in [1.29, 1.82) is 0 Å². The fourth-order valence-electron chi connectivity index (χ4n) is 2.01. The van der Waals surface area contributed by atoms with Crippen LogP contribution in [-0.4, -0.2) is 39.6 Å². The van der Waals surface area contributed by atoms with Crippen LogP contribution in [-0.2, 0) is 7.05 Å². The zero-order valence-corrected chi connectivity index (χ0v) is 12.4. The SMILES string of the molecule is CCCCN(CCCl)C(=O)c1c(C)nn(C)c1C. The number of hydrogen-bond acceptors (Lipinski definition) is 2. The van der Waals surface area contributed by atoms with E-state index < -0.39 is 0 Å². The summed E-state index contributed by atoms with van der Waals surface area (Å²) < 4.78 is 1.75. The molecule has 0 saturated heterocycles. The molecule has 0 saturated carbocycles. The Hall–Kier alpha value is -1.03. The summed E-state index contributed by atoms with van der Waals surface area (Å²) in [5, 5.41) is 4.29. The van der Waals surface area contributed by atoms with Crippen LogP contribution in [0.25, 0.3) is 0 Å². The normalized spacial score (nSPS) is 10.7. The minimum absolute atomic E-state index is 0.0483. The number of nitrogens with zero attached hydrogens (tertiary/aromatic N) is 3. The van der Waals surface area contributed by atoms with Gasteiger partial charge in [0.2, 0.25) is 0 Å². The average Bonchev–Trinajstić information content (AvgIpc) is 2.58. The number of amides is 1. The highest BCUT2D eigenvalue weighted by molar-refractivity contribution is 6.18. The molecule has 0 bridgehead atoms. The Bertz CT molecular complexity index is 415. The van der Waals surface area contributed by atoms with Gasteiger partial charge in [-0.3, -0.25) is 9.48 Å². The second kappa shape index (κ2) is 6.78. The minimum atomic E-state index is 0.0483. The molecule has 18 heavy (non-hydrogen) atoms. The Morgan fingerprint density at radius 3 is 2.50 bits per heavy atom. The number of hydrogen-bond donors (Lipinski definition) is 0. The molecule has 0 atom stereocenters. The van der Waals surface area contributed by atoms with E-state index in [0.717, 1.165) is 36.3 Å². The van der Waals surface area contributed by atoms with E-state index in [0.29, 0.717) is 12.4 Å². The van der Waals surface area contributed by atoms with Crippen LogP contribution in [0.4, 0.5) is 0 Å². The number of aryl methyl sites for hydroxylation is 2. The number of alkyl halides is 1. The van der Waals surface area contributed by atoms with Gasteiger partial charge in [-0.15, -0.1) is 11.6 Å². The van der Waals surface area contributed by atoms with Crippen molar-refractivity contribution < 1.29 is 4.79 Å². The summed E-state index contributed by atoms with van der Waals surface area (Å²) in [7, 11) is 1.86. The van der Waals surface area contributed by atoms with E-state index in [9.17, 15) is 4.79 Å². The topological polar surface area (TPSA) is 38.1 Å². The molecule has 0 aliphatic rings. The first-order valence-corrected chi connectivity index (χ1v) is 6.91. The molecule has 0 aromatic carbocycles. The van der Waals surface area contributed by atoms with Gasteiger partial charge < -0.3 is 4.90 Å². The third-order valence-electron chi connectivity index (χ3n) is 3.15. The van der Waals surface area contributed by atoms with Crippen molar-refractivity contribution >= 4 is 17.5 Å².